The summed E-state index contributed by atoms with van der Waals surface area (Å²) in [5.41, 5.74) is 5.96. The third kappa shape index (κ3) is 6.43. The summed E-state index contributed by atoms with van der Waals surface area (Å²) in [7, 11) is -3.62. The van der Waals surface area contributed by atoms with E-state index in [0.29, 0.717) is 36.7 Å². The Labute approximate surface area is 195 Å². The molecule has 186 valence electrons. The fourth-order valence-electron chi connectivity index (χ4n) is 2.98. The average Bonchev–Trinajstić information content (AvgIpc) is 2.74. The number of anilines is 1. The normalized spacial score (nSPS) is 15.8. The van der Waals surface area contributed by atoms with Crippen molar-refractivity contribution in [2.45, 2.75) is 44.0 Å². The molecular weight excluding hydrogens is 475 g/mol. The molecule has 1 aromatic heterocycles. The van der Waals surface area contributed by atoms with Gasteiger partial charge in [0.1, 0.15) is 22.2 Å². The largest absolute Gasteiger partial charge is 0.493 e. The molecule has 0 saturated heterocycles. The van der Waals surface area contributed by atoms with Gasteiger partial charge in [0, 0.05) is 29.6 Å². The Balaban J connectivity index is 0.000000310. The van der Waals surface area contributed by atoms with Crippen molar-refractivity contribution in [2.24, 2.45) is 5.73 Å². The number of halogens is 3. The van der Waals surface area contributed by atoms with Crippen molar-refractivity contribution >= 4 is 27.8 Å². The van der Waals surface area contributed by atoms with Crippen LogP contribution >= 0.6 is 0 Å². The van der Waals surface area contributed by atoms with Crippen LogP contribution in [0.15, 0.2) is 30.6 Å². The van der Waals surface area contributed by atoms with Crippen LogP contribution in [0, 0.1) is 12.3 Å². The van der Waals surface area contributed by atoms with Crippen molar-refractivity contribution < 1.29 is 31.1 Å². The molecule has 9 nitrogen and oxygen atoms in total. The van der Waals surface area contributed by atoms with Gasteiger partial charge in [0.25, 0.3) is 0 Å². The van der Waals surface area contributed by atoms with Crippen LogP contribution in [0.4, 0.5) is 18.9 Å². The Morgan fingerprint density at radius 1 is 1.29 bits per heavy atom. The molecule has 1 aliphatic heterocycles. The third-order valence-corrected chi connectivity index (χ3v) is 7.97. The number of carbonyl (C=O) groups is 1. The number of amidine groups is 1. The highest BCUT2D eigenvalue weighted by Crippen LogP contribution is 2.37. The number of hydrogen-bond donors (Lipinski definition) is 3. The Morgan fingerprint density at radius 2 is 1.91 bits per heavy atom. The number of fused-ring (bicyclic) bond motifs is 1. The van der Waals surface area contributed by atoms with Gasteiger partial charge in [-0.05, 0) is 45.4 Å². The highest BCUT2D eigenvalue weighted by molar-refractivity contribution is 7.93. The number of sulfone groups is 1. The zero-order valence-electron chi connectivity index (χ0n) is 18.8. The molecule has 2 heterocycles. The second kappa shape index (κ2) is 10.4. The Bertz CT molecular complexity index is 1140. The summed E-state index contributed by atoms with van der Waals surface area (Å²) in [5.74, 6) is 0.184. The minimum absolute atomic E-state index is 0.125. The molecule has 0 saturated carbocycles. The first-order valence-corrected chi connectivity index (χ1v) is 11.7. The van der Waals surface area contributed by atoms with Crippen LogP contribution in [0.2, 0.25) is 0 Å². The zero-order valence-corrected chi connectivity index (χ0v) is 19.6. The molecule has 3 rings (SSSR count). The van der Waals surface area contributed by atoms with E-state index >= 15 is 0 Å². The van der Waals surface area contributed by atoms with E-state index in [0.717, 1.165) is 18.0 Å². The summed E-state index contributed by atoms with van der Waals surface area (Å²) in [6, 6.07) is 5.14. The van der Waals surface area contributed by atoms with E-state index in [1.54, 1.807) is 18.2 Å². The summed E-state index contributed by atoms with van der Waals surface area (Å²) in [4.78, 5) is 17.4. The molecule has 0 fully saturated rings. The van der Waals surface area contributed by atoms with Crippen LogP contribution in [0.3, 0.4) is 0 Å². The number of ether oxygens (including phenoxy) is 1. The lowest BCUT2D eigenvalue weighted by atomic mass is 9.94. The number of carbonyl (C=O) groups excluding carboxylic acids is 1. The monoisotopic (exact) mass is 501 g/mol. The Kier molecular flexibility index (Phi) is 8.24. The Hall–Kier alpha value is -3.22. The van der Waals surface area contributed by atoms with E-state index in [1.807, 2.05) is 0 Å². The first kappa shape index (κ1) is 27.0. The predicted molar refractivity (Wildman–Crippen MR) is 121 cm³/mol. The number of benzene rings is 1. The quantitative estimate of drug-likeness (QED) is 0.313. The van der Waals surface area contributed by atoms with Crippen LogP contribution in [-0.4, -0.2) is 47.7 Å². The lowest BCUT2D eigenvalue weighted by Gasteiger charge is -2.30. The van der Waals surface area contributed by atoms with Gasteiger partial charge in [-0.15, -0.1) is 0 Å². The molecule has 0 bridgehead atoms. The third-order valence-electron chi connectivity index (χ3n) is 5.35. The number of aromatic nitrogens is 2. The van der Waals surface area contributed by atoms with E-state index in [1.165, 1.54) is 20.8 Å². The minimum Gasteiger partial charge on any atom is -0.493 e. The fraction of sp³-hybridized carbons (Fsp3) is 0.429. The van der Waals surface area contributed by atoms with Crippen molar-refractivity contribution in [3.8, 4) is 5.75 Å². The molecule has 4 N–H and O–H groups in total. The Morgan fingerprint density at radius 3 is 2.44 bits per heavy atom. The fourth-order valence-corrected chi connectivity index (χ4v) is 4.60. The number of alkyl halides is 3. The van der Waals surface area contributed by atoms with Gasteiger partial charge < -0.3 is 15.8 Å². The predicted octanol–water partition coefficient (Wildman–Crippen LogP) is 3.05. The number of rotatable bonds is 6. The average molecular weight is 502 g/mol. The van der Waals surface area contributed by atoms with Gasteiger partial charge in [-0.1, -0.05) is 0 Å². The molecule has 0 spiro atoms. The van der Waals surface area contributed by atoms with Gasteiger partial charge in [-0.2, -0.15) is 13.2 Å². The van der Waals surface area contributed by atoms with Crippen molar-refractivity contribution in [1.82, 2.24) is 9.97 Å². The van der Waals surface area contributed by atoms with E-state index in [9.17, 15) is 26.4 Å². The van der Waals surface area contributed by atoms with Crippen LogP contribution in [0.1, 0.15) is 43.1 Å². The maximum Gasteiger partial charge on any atom is 0.419 e. The van der Waals surface area contributed by atoms with Crippen LogP contribution in [0.5, 0.6) is 5.75 Å². The van der Waals surface area contributed by atoms with Gasteiger partial charge in [-0.3, -0.25) is 10.2 Å². The van der Waals surface area contributed by atoms with Crippen LogP contribution in [-0.2, 0) is 20.8 Å². The highest BCUT2D eigenvalue weighted by atomic mass is 32.2. The standard InChI is InChI=1S/C15H21N3O4S.C6H5F3N2/c1-15(2,14(16)17)23(20,21)8-10-5-6-22-13-4-3-11(18-9-19)7-12(10)13;1-4-10-2-5(3-11-4)6(7,8)9/h3-4,7,9-10H,5-6,8H2,1-2H3,(H3,16,17)(H,18,19);2-3H,1H3. The van der Waals surface area contributed by atoms with E-state index < -0.39 is 26.3 Å². The SMILES string of the molecule is CC(C)(C(=N)N)S(=O)(=O)CC1CCOc2ccc(NC=O)cc21.Cc1ncc(C(F)(F)F)cn1. The minimum atomic E-state index is -4.34. The lowest BCUT2D eigenvalue weighted by molar-refractivity contribution is -0.138. The first-order valence-electron chi connectivity index (χ1n) is 10.1. The summed E-state index contributed by atoms with van der Waals surface area (Å²) >= 11 is 0. The molecule has 2 aromatic rings. The number of amides is 1. The lowest BCUT2D eigenvalue weighted by Crippen LogP contribution is -2.47. The smallest absolute Gasteiger partial charge is 0.419 e. The maximum atomic E-state index is 12.6. The summed E-state index contributed by atoms with van der Waals surface area (Å²) in [5, 5.41) is 10.1. The van der Waals surface area contributed by atoms with Crippen LogP contribution < -0.4 is 15.8 Å². The number of nitrogens with zero attached hydrogens (tertiary/aromatic N) is 2. The van der Waals surface area contributed by atoms with Crippen LogP contribution in [0.25, 0.3) is 0 Å². The number of nitrogens with two attached hydrogens (primary N) is 1. The molecular formula is C21H26F3N5O4S. The molecule has 0 aliphatic carbocycles. The highest BCUT2D eigenvalue weighted by Gasteiger charge is 2.40. The summed E-state index contributed by atoms with van der Waals surface area (Å²) < 4.78 is 65.0. The molecule has 34 heavy (non-hydrogen) atoms. The molecule has 1 atom stereocenters. The second-order valence-electron chi connectivity index (χ2n) is 8.07. The molecule has 0 radical (unpaired) electrons. The molecule has 1 amide bonds. The maximum absolute atomic E-state index is 12.6. The topological polar surface area (TPSA) is 148 Å². The summed E-state index contributed by atoms with van der Waals surface area (Å²) in [6.07, 6.45) is -1.70. The molecule has 1 unspecified atom stereocenters. The number of hydrogen-bond acceptors (Lipinski definition) is 7. The van der Waals surface area contributed by atoms with Gasteiger partial charge in [-0.25, -0.2) is 18.4 Å². The summed E-state index contributed by atoms with van der Waals surface area (Å²) in [6.45, 7) is 4.83. The van der Waals surface area contributed by atoms with E-state index in [2.05, 4.69) is 15.3 Å². The zero-order chi connectivity index (χ0) is 25.7. The van der Waals surface area contributed by atoms with Crippen molar-refractivity contribution in [1.29, 1.82) is 5.41 Å². The number of nitrogens with one attached hydrogen (secondary N) is 2. The van der Waals surface area contributed by atoms with Gasteiger partial charge in [0.05, 0.1) is 17.9 Å². The van der Waals surface area contributed by atoms with Gasteiger partial charge in [0.15, 0.2) is 9.84 Å². The van der Waals surface area contributed by atoms with Gasteiger partial charge in [0.2, 0.25) is 6.41 Å². The molecule has 1 aliphatic rings. The molecule has 1 aromatic carbocycles. The molecule has 13 heteroatoms. The van der Waals surface area contributed by atoms with Crippen molar-refractivity contribution in [2.75, 3.05) is 17.7 Å². The van der Waals surface area contributed by atoms with Crippen molar-refractivity contribution in [3.05, 3.63) is 47.5 Å². The second-order valence-corrected chi connectivity index (χ2v) is 10.7. The van der Waals surface area contributed by atoms with Crippen molar-refractivity contribution in [3.63, 3.8) is 0 Å². The number of aryl methyl sites for hydroxylation is 1. The van der Waals surface area contributed by atoms with E-state index in [4.69, 9.17) is 15.9 Å². The van der Waals surface area contributed by atoms with Gasteiger partial charge >= 0.3 is 6.18 Å². The van der Waals surface area contributed by atoms with E-state index in [-0.39, 0.29) is 17.5 Å². The first-order chi connectivity index (χ1) is 15.7.